The van der Waals surface area contributed by atoms with Crippen LogP contribution < -0.4 is 5.32 Å². The second-order valence-corrected chi connectivity index (χ2v) is 7.64. The van der Waals surface area contributed by atoms with E-state index < -0.39 is 0 Å². The van der Waals surface area contributed by atoms with E-state index in [4.69, 9.17) is 0 Å². The number of H-pyrrole nitrogens is 2. The van der Waals surface area contributed by atoms with Crippen LogP contribution in [-0.4, -0.2) is 51.3 Å². The molecule has 2 aromatic heterocycles. The topological polar surface area (TPSA) is 89.7 Å². The Kier molecular flexibility index (Phi) is 7.65. The summed E-state index contributed by atoms with van der Waals surface area (Å²) in [5.41, 5.74) is 5.97. The first-order chi connectivity index (χ1) is 14.2. The number of carbonyl (C=O) groups excluding carboxylic acids is 1. The van der Waals surface area contributed by atoms with E-state index in [0.717, 1.165) is 79.9 Å². The van der Waals surface area contributed by atoms with Gasteiger partial charge < -0.3 is 10.2 Å². The Labute approximate surface area is 183 Å². The summed E-state index contributed by atoms with van der Waals surface area (Å²) in [6.45, 7) is 2.39. The summed E-state index contributed by atoms with van der Waals surface area (Å²) in [5, 5.41) is 18.1. The van der Waals surface area contributed by atoms with Crippen molar-refractivity contribution in [3.63, 3.8) is 0 Å². The lowest BCUT2D eigenvalue weighted by Gasteiger charge is -2.18. The second-order valence-electron chi connectivity index (χ2n) is 7.64. The summed E-state index contributed by atoms with van der Waals surface area (Å²) in [6, 6.07) is 12.3. The fourth-order valence-corrected chi connectivity index (χ4v) is 3.77. The number of hydrogen-bond donors (Lipinski definition) is 3. The van der Waals surface area contributed by atoms with E-state index in [-0.39, 0.29) is 18.3 Å². The summed E-state index contributed by atoms with van der Waals surface area (Å²) in [5.74, 6) is 0.00673. The SMILES string of the molecule is CN(CCCCCc1cc(-c2ccccc2)n[nH]1)C(=O)c1n[nH]c2c1CNCC2.Cl. The Hall–Kier alpha value is -2.64. The third kappa shape index (κ3) is 5.09. The zero-order valence-corrected chi connectivity index (χ0v) is 18.1. The molecular formula is C22H29ClN6O. The van der Waals surface area contributed by atoms with Crippen LogP contribution in [0.1, 0.15) is 46.7 Å². The first-order valence-corrected chi connectivity index (χ1v) is 10.3. The number of aromatic amines is 2. The molecule has 30 heavy (non-hydrogen) atoms. The van der Waals surface area contributed by atoms with Crippen molar-refractivity contribution < 1.29 is 4.79 Å². The predicted octanol–water partition coefficient (Wildman–Crippen LogP) is 3.35. The molecule has 3 aromatic rings. The molecule has 0 spiro atoms. The molecule has 0 atom stereocenters. The number of unbranched alkanes of at least 4 members (excludes halogenated alkanes) is 2. The van der Waals surface area contributed by atoms with Gasteiger partial charge in [0.2, 0.25) is 0 Å². The highest BCUT2D eigenvalue weighted by atomic mass is 35.5. The van der Waals surface area contributed by atoms with Crippen molar-refractivity contribution >= 4 is 18.3 Å². The average molecular weight is 429 g/mol. The largest absolute Gasteiger partial charge is 0.340 e. The van der Waals surface area contributed by atoms with E-state index in [1.165, 1.54) is 0 Å². The molecule has 1 aliphatic rings. The van der Waals surface area contributed by atoms with Gasteiger partial charge in [-0.1, -0.05) is 36.8 Å². The number of fused-ring (bicyclic) bond motifs is 1. The Balaban J connectivity index is 0.00000256. The van der Waals surface area contributed by atoms with Gasteiger partial charge >= 0.3 is 0 Å². The van der Waals surface area contributed by atoms with Gasteiger partial charge in [0.15, 0.2) is 5.69 Å². The van der Waals surface area contributed by atoms with Crippen molar-refractivity contribution in [3.8, 4) is 11.3 Å². The molecule has 0 aliphatic carbocycles. The van der Waals surface area contributed by atoms with Gasteiger partial charge in [0.05, 0.1) is 5.69 Å². The lowest BCUT2D eigenvalue weighted by atomic mass is 10.1. The summed E-state index contributed by atoms with van der Waals surface area (Å²) in [4.78, 5) is 14.5. The van der Waals surface area contributed by atoms with Crippen LogP contribution in [0.3, 0.4) is 0 Å². The maximum Gasteiger partial charge on any atom is 0.274 e. The first kappa shape index (κ1) is 22.1. The second kappa shape index (κ2) is 10.4. The van der Waals surface area contributed by atoms with Gasteiger partial charge in [-0.3, -0.25) is 15.0 Å². The van der Waals surface area contributed by atoms with E-state index in [0.29, 0.717) is 5.69 Å². The highest BCUT2D eigenvalue weighted by molar-refractivity contribution is 5.93. The molecule has 1 amide bonds. The fourth-order valence-electron chi connectivity index (χ4n) is 3.77. The van der Waals surface area contributed by atoms with Crippen LogP contribution >= 0.6 is 12.4 Å². The van der Waals surface area contributed by atoms with E-state index in [9.17, 15) is 4.79 Å². The number of amides is 1. The standard InChI is InChI=1S/C22H28N6O.ClH/c1-28(22(29)21-18-15-23-12-11-19(18)25-27-21)13-7-3-6-10-17-14-20(26-24-17)16-8-4-2-5-9-16;/h2,4-5,8-9,14,23H,3,6-7,10-13,15H2,1H3,(H,24,26)(H,25,27);1H. The number of rotatable bonds is 8. The number of nitrogens with one attached hydrogen (secondary N) is 3. The lowest BCUT2D eigenvalue weighted by Crippen LogP contribution is -2.30. The molecule has 160 valence electrons. The molecule has 0 saturated carbocycles. The van der Waals surface area contributed by atoms with Crippen LogP contribution in [0.5, 0.6) is 0 Å². The number of benzene rings is 1. The van der Waals surface area contributed by atoms with Crippen LogP contribution in [-0.2, 0) is 19.4 Å². The smallest absolute Gasteiger partial charge is 0.274 e. The number of aromatic nitrogens is 4. The van der Waals surface area contributed by atoms with E-state index in [1.807, 2.05) is 25.2 Å². The van der Waals surface area contributed by atoms with Crippen LogP contribution in [0.25, 0.3) is 11.3 Å². The molecule has 0 unspecified atom stereocenters. The zero-order valence-electron chi connectivity index (χ0n) is 17.3. The van der Waals surface area contributed by atoms with Gasteiger partial charge in [-0.2, -0.15) is 10.2 Å². The lowest BCUT2D eigenvalue weighted by molar-refractivity contribution is 0.0785. The Morgan fingerprint density at radius 3 is 2.77 bits per heavy atom. The summed E-state index contributed by atoms with van der Waals surface area (Å²) < 4.78 is 0. The maximum absolute atomic E-state index is 12.7. The third-order valence-corrected chi connectivity index (χ3v) is 5.50. The van der Waals surface area contributed by atoms with Gasteiger partial charge in [-0.05, 0) is 25.3 Å². The van der Waals surface area contributed by atoms with Crippen LogP contribution in [0.15, 0.2) is 36.4 Å². The Morgan fingerprint density at radius 2 is 1.93 bits per heavy atom. The molecule has 8 heteroatoms. The maximum atomic E-state index is 12.7. The minimum Gasteiger partial charge on any atom is -0.340 e. The number of carbonyl (C=O) groups is 1. The number of hydrogen-bond acceptors (Lipinski definition) is 4. The normalized spacial score (nSPS) is 12.8. The highest BCUT2D eigenvalue weighted by Gasteiger charge is 2.23. The minimum absolute atomic E-state index is 0. The molecule has 4 rings (SSSR count). The van der Waals surface area contributed by atoms with Gasteiger partial charge in [0.1, 0.15) is 0 Å². The third-order valence-electron chi connectivity index (χ3n) is 5.50. The van der Waals surface area contributed by atoms with Gasteiger partial charge in [-0.15, -0.1) is 12.4 Å². The molecule has 1 aliphatic heterocycles. The quantitative estimate of drug-likeness (QED) is 0.480. The molecule has 3 N–H and O–H groups in total. The molecule has 0 radical (unpaired) electrons. The highest BCUT2D eigenvalue weighted by Crippen LogP contribution is 2.19. The molecule has 7 nitrogen and oxygen atoms in total. The summed E-state index contributed by atoms with van der Waals surface area (Å²) >= 11 is 0. The number of halogens is 1. The van der Waals surface area contributed by atoms with Gasteiger partial charge in [0, 0.05) is 55.6 Å². The number of nitrogens with zero attached hydrogens (tertiary/aromatic N) is 3. The van der Waals surface area contributed by atoms with Crippen molar-refractivity contribution in [1.82, 2.24) is 30.6 Å². The molecular weight excluding hydrogens is 400 g/mol. The summed E-state index contributed by atoms with van der Waals surface area (Å²) in [6.07, 6.45) is 4.99. The average Bonchev–Trinajstić information content (AvgIpc) is 3.41. The zero-order chi connectivity index (χ0) is 20.1. The molecule has 1 aromatic carbocycles. The van der Waals surface area contributed by atoms with Crippen molar-refractivity contribution in [1.29, 1.82) is 0 Å². The Bertz CT molecular complexity index is 952. The molecule has 0 fully saturated rings. The van der Waals surface area contributed by atoms with Crippen molar-refractivity contribution in [2.24, 2.45) is 0 Å². The Morgan fingerprint density at radius 1 is 1.10 bits per heavy atom. The van der Waals surface area contributed by atoms with Crippen LogP contribution in [0.4, 0.5) is 0 Å². The van der Waals surface area contributed by atoms with Gasteiger partial charge in [-0.25, -0.2) is 0 Å². The predicted molar refractivity (Wildman–Crippen MR) is 120 cm³/mol. The molecule has 0 bridgehead atoms. The fraction of sp³-hybridized carbons (Fsp3) is 0.409. The number of aryl methyl sites for hydroxylation is 1. The summed E-state index contributed by atoms with van der Waals surface area (Å²) in [7, 11) is 1.86. The van der Waals surface area contributed by atoms with Crippen molar-refractivity contribution in [2.75, 3.05) is 20.1 Å². The van der Waals surface area contributed by atoms with Crippen LogP contribution in [0.2, 0.25) is 0 Å². The monoisotopic (exact) mass is 428 g/mol. The van der Waals surface area contributed by atoms with Crippen molar-refractivity contribution in [2.45, 2.75) is 38.6 Å². The van der Waals surface area contributed by atoms with Gasteiger partial charge in [0.25, 0.3) is 5.91 Å². The van der Waals surface area contributed by atoms with E-state index in [1.54, 1.807) is 4.90 Å². The van der Waals surface area contributed by atoms with E-state index >= 15 is 0 Å². The van der Waals surface area contributed by atoms with E-state index in [2.05, 4.69) is 43.9 Å². The van der Waals surface area contributed by atoms with Crippen molar-refractivity contribution in [3.05, 3.63) is 59.0 Å². The minimum atomic E-state index is 0. The van der Waals surface area contributed by atoms with Crippen LogP contribution in [0, 0.1) is 0 Å². The molecule has 3 heterocycles. The first-order valence-electron chi connectivity index (χ1n) is 10.3. The molecule has 0 saturated heterocycles.